The minimum atomic E-state index is -3.57. The number of hydrogen-bond acceptors (Lipinski definition) is 5. The van der Waals surface area contributed by atoms with Crippen LogP contribution in [0.5, 0.6) is 5.75 Å². The molecule has 108 valence electrons. The van der Waals surface area contributed by atoms with Gasteiger partial charge in [-0.15, -0.1) is 11.3 Å². The van der Waals surface area contributed by atoms with Crippen molar-refractivity contribution in [2.75, 3.05) is 13.7 Å². The number of halogens is 1. The lowest BCUT2D eigenvalue weighted by molar-refractivity contribution is 0.414. The lowest BCUT2D eigenvalue weighted by Gasteiger charge is -2.08. The summed E-state index contributed by atoms with van der Waals surface area (Å²) in [5.41, 5.74) is 0. The minimum absolute atomic E-state index is 0.113. The predicted molar refractivity (Wildman–Crippen MR) is 79.0 cm³/mol. The molecule has 0 fully saturated rings. The van der Waals surface area contributed by atoms with Gasteiger partial charge in [-0.1, -0.05) is 11.6 Å². The summed E-state index contributed by atoms with van der Waals surface area (Å²) in [5.74, 6) is 0.438. The van der Waals surface area contributed by atoms with E-state index in [2.05, 4.69) is 9.71 Å². The number of methoxy groups -OCH3 is 1. The zero-order chi connectivity index (χ0) is 14.6. The van der Waals surface area contributed by atoms with Crippen molar-refractivity contribution < 1.29 is 13.2 Å². The first kappa shape index (κ1) is 15.2. The molecule has 1 heterocycles. The molecule has 0 bridgehead atoms. The van der Waals surface area contributed by atoms with Crippen LogP contribution in [0.15, 0.2) is 34.7 Å². The lowest BCUT2D eigenvalue weighted by atomic mass is 10.3. The monoisotopic (exact) mass is 332 g/mol. The molecule has 0 aliphatic rings. The van der Waals surface area contributed by atoms with Gasteiger partial charge in [-0.25, -0.2) is 18.1 Å². The maximum absolute atomic E-state index is 12.1. The Morgan fingerprint density at radius 2 is 2.25 bits per heavy atom. The van der Waals surface area contributed by atoms with E-state index < -0.39 is 10.0 Å². The molecule has 0 amide bonds. The fraction of sp³-hybridized carbons (Fsp3) is 0.250. The number of hydrogen-bond donors (Lipinski definition) is 1. The number of nitrogens with zero attached hydrogens (tertiary/aromatic N) is 1. The third-order valence-corrected chi connectivity index (χ3v) is 5.14. The van der Waals surface area contributed by atoms with Crippen molar-refractivity contribution in [2.24, 2.45) is 0 Å². The SMILES string of the molecule is COc1ccc(S(=O)(=O)NCCc2nccs2)cc1Cl. The summed E-state index contributed by atoms with van der Waals surface area (Å²) in [6.07, 6.45) is 2.25. The molecule has 0 aliphatic carbocycles. The summed E-state index contributed by atoms with van der Waals surface area (Å²) in [5, 5.41) is 3.00. The highest BCUT2D eigenvalue weighted by Crippen LogP contribution is 2.26. The molecular weight excluding hydrogens is 320 g/mol. The van der Waals surface area contributed by atoms with Crippen molar-refractivity contribution in [1.29, 1.82) is 0 Å². The van der Waals surface area contributed by atoms with Gasteiger partial charge < -0.3 is 4.74 Å². The lowest BCUT2D eigenvalue weighted by Crippen LogP contribution is -2.26. The predicted octanol–water partition coefficient (Wildman–Crippen LogP) is 2.33. The summed E-state index contributed by atoms with van der Waals surface area (Å²) in [6, 6.07) is 4.35. The van der Waals surface area contributed by atoms with Crippen LogP contribution < -0.4 is 9.46 Å². The molecule has 5 nitrogen and oxygen atoms in total. The number of ether oxygens (including phenoxy) is 1. The summed E-state index contributed by atoms with van der Waals surface area (Å²) in [4.78, 5) is 4.20. The van der Waals surface area contributed by atoms with E-state index in [-0.39, 0.29) is 9.92 Å². The number of aromatic nitrogens is 1. The first-order valence-corrected chi connectivity index (χ1v) is 8.48. The van der Waals surface area contributed by atoms with Crippen LogP contribution in [0.1, 0.15) is 5.01 Å². The van der Waals surface area contributed by atoms with Gasteiger partial charge in [-0.05, 0) is 18.2 Å². The Kier molecular flexibility index (Phi) is 4.98. The summed E-state index contributed by atoms with van der Waals surface area (Å²) in [7, 11) is -2.10. The molecule has 0 saturated heterocycles. The maximum atomic E-state index is 12.1. The van der Waals surface area contributed by atoms with E-state index >= 15 is 0 Å². The zero-order valence-electron chi connectivity index (χ0n) is 10.7. The number of sulfonamides is 1. The Balaban J connectivity index is 2.04. The van der Waals surface area contributed by atoms with E-state index in [1.807, 2.05) is 5.38 Å². The largest absolute Gasteiger partial charge is 0.495 e. The Labute approximate surface area is 126 Å². The molecular formula is C12H13ClN2O3S2. The Morgan fingerprint density at radius 1 is 1.45 bits per heavy atom. The smallest absolute Gasteiger partial charge is 0.240 e. The van der Waals surface area contributed by atoms with Crippen LogP contribution in [0, 0.1) is 0 Å². The average molecular weight is 333 g/mol. The van der Waals surface area contributed by atoms with Crippen LogP contribution >= 0.6 is 22.9 Å². The van der Waals surface area contributed by atoms with Crippen molar-refractivity contribution in [3.05, 3.63) is 39.8 Å². The van der Waals surface area contributed by atoms with Gasteiger partial charge in [-0.3, -0.25) is 0 Å². The van der Waals surface area contributed by atoms with Crippen molar-refractivity contribution in [2.45, 2.75) is 11.3 Å². The van der Waals surface area contributed by atoms with Gasteiger partial charge in [0.25, 0.3) is 0 Å². The fourth-order valence-electron chi connectivity index (χ4n) is 1.57. The first-order valence-electron chi connectivity index (χ1n) is 5.74. The van der Waals surface area contributed by atoms with Gasteiger partial charge in [0.15, 0.2) is 0 Å². The summed E-state index contributed by atoms with van der Waals surface area (Å²) >= 11 is 7.42. The summed E-state index contributed by atoms with van der Waals surface area (Å²) in [6.45, 7) is 0.291. The number of rotatable bonds is 6. The van der Waals surface area contributed by atoms with Gasteiger partial charge >= 0.3 is 0 Å². The highest BCUT2D eigenvalue weighted by Gasteiger charge is 2.15. The second-order valence-electron chi connectivity index (χ2n) is 3.87. The van der Waals surface area contributed by atoms with Gasteiger partial charge in [0, 0.05) is 24.5 Å². The van der Waals surface area contributed by atoms with Crippen molar-refractivity contribution >= 4 is 33.0 Å². The molecule has 1 aromatic heterocycles. The Morgan fingerprint density at radius 3 is 2.85 bits per heavy atom. The van der Waals surface area contributed by atoms with Crippen LogP contribution in [0.25, 0.3) is 0 Å². The quantitative estimate of drug-likeness (QED) is 0.881. The van der Waals surface area contributed by atoms with E-state index in [0.29, 0.717) is 18.7 Å². The van der Waals surface area contributed by atoms with Gasteiger partial charge in [0.2, 0.25) is 10.0 Å². The minimum Gasteiger partial charge on any atom is -0.495 e. The van der Waals surface area contributed by atoms with E-state index in [4.69, 9.17) is 16.3 Å². The first-order chi connectivity index (χ1) is 9.53. The van der Waals surface area contributed by atoms with Crippen molar-refractivity contribution in [3.63, 3.8) is 0 Å². The van der Waals surface area contributed by atoms with Crippen LogP contribution in [0.3, 0.4) is 0 Å². The highest BCUT2D eigenvalue weighted by atomic mass is 35.5. The molecule has 1 aromatic carbocycles. The topological polar surface area (TPSA) is 68.3 Å². The molecule has 8 heteroatoms. The Bertz CT molecular complexity index is 672. The number of nitrogens with one attached hydrogen (secondary N) is 1. The normalized spacial score (nSPS) is 11.5. The fourth-order valence-corrected chi connectivity index (χ4v) is 3.57. The molecule has 0 radical (unpaired) electrons. The van der Waals surface area contributed by atoms with Crippen molar-refractivity contribution in [3.8, 4) is 5.75 Å². The molecule has 0 saturated carbocycles. The van der Waals surface area contributed by atoms with Gasteiger partial charge in [0.1, 0.15) is 5.75 Å². The number of thiazole rings is 1. The second-order valence-corrected chi connectivity index (χ2v) is 7.02. The van der Waals surface area contributed by atoms with Gasteiger partial charge in [0.05, 0.1) is 22.0 Å². The highest BCUT2D eigenvalue weighted by molar-refractivity contribution is 7.89. The molecule has 1 N–H and O–H groups in total. The average Bonchev–Trinajstić information content (AvgIpc) is 2.91. The molecule has 0 unspecified atom stereocenters. The van der Waals surface area contributed by atoms with E-state index in [1.54, 1.807) is 6.20 Å². The van der Waals surface area contributed by atoms with Crippen LogP contribution in [0.4, 0.5) is 0 Å². The number of benzene rings is 1. The maximum Gasteiger partial charge on any atom is 0.240 e. The van der Waals surface area contributed by atoms with Crippen LogP contribution in [0.2, 0.25) is 5.02 Å². The third-order valence-electron chi connectivity index (χ3n) is 2.55. The van der Waals surface area contributed by atoms with E-state index in [9.17, 15) is 8.42 Å². The van der Waals surface area contributed by atoms with Gasteiger partial charge in [-0.2, -0.15) is 0 Å². The standard InChI is InChI=1S/C12H13ClN2O3S2/c1-18-11-3-2-9(8-10(11)13)20(16,17)15-5-4-12-14-6-7-19-12/h2-3,6-8,15H,4-5H2,1H3. The van der Waals surface area contributed by atoms with E-state index in [1.165, 1.54) is 36.6 Å². The van der Waals surface area contributed by atoms with E-state index in [0.717, 1.165) is 5.01 Å². The van der Waals surface area contributed by atoms with Crippen LogP contribution in [-0.4, -0.2) is 27.1 Å². The van der Waals surface area contributed by atoms with Crippen molar-refractivity contribution in [1.82, 2.24) is 9.71 Å². The molecule has 2 rings (SSSR count). The molecule has 0 aliphatic heterocycles. The molecule has 0 atom stereocenters. The molecule has 2 aromatic rings. The second kappa shape index (κ2) is 6.53. The molecule has 20 heavy (non-hydrogen) atoms. The third kappa shape index (κ3) is 3.69. The summed E-state index contributed by atoms with van der Waals surface area (Å²) < 4.78 is 31.7. The zero-order valence-corrected chi connectivity index (χ0v) is 13.1. The Hall–Kier alpha value is -1.15. The van der Waals surface area contributed by atoms with Crippen LogP contribution in [-0.2, 0) is 16.4 Å². The molecule has 0 spiro atoms.